The van der Waals surface area contributed by atoms with Gasteiger partial charge in [-0.3, -0.25) is 0 Å². The van der Waals surface area contributed by atoms with Gasteiger partial charge in [0.1, 0.15) is 0 Å². The molecule has 0 aromatic heterocycles. The highest BCUT2D eigenvalue weighted by Gasteiger charge is 1.86. The summed E-state index contributed by atoms with van der Waals surface area (Å²) in [5.74, 6) is 0. The maximum Gasteiger partial charge on any atom is 0.326 e. The Balaban J connectivity index is 0. The van der Waals surface area contributed by atoms with Crippen LogP contribution >= 0.6 is 8.60 Å². The van der Waals surface area contributed by atoms with Crippen LogP contribution in [-0.2, 0) is 4.52 Å². The molecule has 0 bridgehead atoms. The third-order valence-electron chi connectivity index (χ3n) is 0.163. The average Bonchev–Trinajstić information content (AvgIpc) is 1.38. The summed E-state index contributed by atoms with van der Waals surface area (Å²) < 4.78 is 3.93. The van der Waals surface area contributed by atoms with E-state index in [1.807, 2.05) is 0 Å². The van der Waals surface area contributed by atoms with Crippen molar-refractivity contribution in [2.45, 2.75) is 0 Å². The fourth-order valence-corrected chi connectivity index (χ4v) is 0. The number of rotatable bonds is 1. The molecule has 0 radical (unpaired) electrons. The average molecular weight is 113 g/mol. The standard InChI is InChI=1S/CH5O3P.H3N/c1-4-5(2)3;/h2-3H,1H3;1H3. The Kier molecular flexibility index (Phi) is 8.39. The molecule has 0 fully saturated rings. The second kappa shape index (κ2) is 5.27. The first-order valence-corrected chi connectivity index (χ1v) is 2.16. The second-order valence-electron chi connectivity index (χ2n) is 0.435. The maximum atomic E-state index is 7.76. The van der Waals surface area contributed by atoms with Crippen LogP contribution in [0.15, 0.2) is 0 Å². The molecule has 4 nitrogen and oxygen atoms in total. The molecule has 0 aliphatic rings. The zero-order chi connectivity index (χ0) is 4.28. The van der Waals surface area contributed by atoms with Crippen LogP contribution in [-0.4, -0.2) is 16.9 Å². The molecule has 0 aliphatic carbocycles. The Morgan fingerprint density at radius 3 is 1.67 bits per heavy atom. The number of hydrogen-bond acceptors (Lipinski definition) is 4. The quantitative estimate of drug-likeness (QED) is 0.418. The topological polar surface area (TPSA) is 84.7 Å². The Hall–Kier alpha value is 0.270. The summed E-state index contributed by atoms with van der Waals surface area (Å²) in [7, 11) is -0.870. The highest BCUT2D eigenvalue weighted by Crippen LogP contribution is 2.20. The predicted octanol–water partition coefficient (Wildman–Crippen LogP) is 0.00630. The van der Waals surface area contributed by atoms with Gasteiger partial charge in [0.2, 0.25) is 0 Å². The Labute approximate surface area is 37.3 Å². The lowest BCUT2D eigenvalue weighted by atomic mass is 11.8. The first-order chi connectivity index (χ1) is 2.27. The number of hydrogen-bond donors (Lipinski definition) is 3. The van der Waals surface area contributed by atoms with Crippen molar-refractivity contribution in [3.63, 3.8) is 0 Å². The van der Waals surface area contributed by atoms with E-state index in [1.165, 1.54) is 7.11 Å². The van der Waals surface area contributed by atoms with Crippen LogP contribution < -0.4 is 6.15 Å². The van der Waals surface area contributed by atoms with Crippen LogP contribution in [0.5, 0.6) is 0 Å². The zero-order valence-electron chi connectivity index (χ0n) is 3.46. The van der Waals surface area contributed by atoms with Crippen LogP contribution in [0.4, 0.5) is 0 Å². The largest absolute Gasteiger partial charge is 0.344 e. The summed E-state index contributed by atoms with van der Waals surface area (Å²) in [6.07, 6.45) is 0. The van der Waals surface area contributed by atoms with Gasteiger partial charge in [-0.25, -0.2) is 0 Å². The van der Waals surface area contributed by atoms with E-state index in [2.05, 4.69) is 4.52 Å². The zero-order valence-corrected chi connectivity index (χ0v) is 4.35. The monoisotopic (exact) mass is 113 g/mol. The SMILES string of the molecule is COP(O)O.N. The van der Waals surface area contributed by atoms with Gasteiger partial charge >= 0.3 is 8.60 Å². The van der Waals surface area contributed by atoms with Crippen molar-refractivity contribution in [3.05, 3.63) is 0 Å². The van der Waals surface area contributed by atoms with E-state index in [0.717, 1.165) is 0 Å². The van der Waals surface area contributed by atoms with Crippen LogP contribution in [0.3, 0.4) is 0 Å². The lowest BCUT2D eigenvalue weighted by molar-refractivity contribution is 0.310. The Morgan fingerprint density at radius 2 is 1.67 bits per heavy atom. The van der Waals surface area contributed by atoms with E-state index in [-0.39, 0.29) is 6.15 Å². The van der Waals surface area contributed by atoms with Crippen molar-refractivity contribution in [2.24, 2.45) is 0 Å². The molecule has 5 heteroatoms. The highest BCUT2D eigenvalue weighted by molar-refractivity contribution is 7.39. The van der Waals surface area contributed by atoms with E-state index in [1.54, 1.807) is 0 Å². The summed E-state index contributed by atoms with van der Waals surface area (Å²) >= 11 is 0. The molecule has 0 amide bonds. The van der Waals surface area contributed by atoms with E-state index in [0.29, 0.717) is 0 Å². The molecular formula is CH8NO3P. The molecule has 0 atom stereocenters. The van der Waals surface area contributed by atoms with Crippen molar-refractivity contribution in [3.8, 4) is 0 Å². The van der Waals surface area contributed by atoms with E-state index in [9.17, 15) is 0 Å². The van der Waals surface area contributed by atoms with E-state index >= 15 is 0 Å². The lowest BCUT2D eigenvalue weighted by Gasteiger charge is -1.89. The van der Waals surface area contributed by atoms with Gasteiger partial charge < -0.3 is 20.5 Å². The molecular weight excluding hydrogens is 105 g/mol. The van der Waals surface area contributed by atoms with Crippen molar-refractivity contribution in [1.82, 2.24) is 6.15 Å². The van der Waals surface area contributed by atoms with Crippen molar-refractivity contribution < 1.29 is 14.3 Å². The molecule has 5 N–H and O–H groups in total. The van der Waals surface area contributed by atoms with Gasteiger partial charge in [-0.15, -0.1) is 0 Å². The summed E-state index contributed by atoms with van der Waals surface area (Å²) in [5.41, 5.74) is 0. The minimum absolute atomic E-state index is 0. The van der Waals surface area contributed by atoms with Crippen LogP contribution in [0.1, 0.15) is 0 Å². The van der Waals surface area contributed by atoms with Gasteiger partial charge in [-0.05, 0) is 0 Å². The molecule has 40 valence electrons. The van der Waals surface area contributed by atoms with E-state index < -0.39 is 8.60 Å². The normalized spacial score (nSPS) is 8.00. The molecule has 0 rings (SSSR count). The van der Waals surface area contributed by atoms with Gasteiger partial charge in [0, 0.05) is 7.11 Å². The third kappa shape index (κ3) is 8.86. The highest BCUT2D eigenvalue weighted by atomic mass is 31.2. The molecule has 0 aromatic rings. The fraction of sp³-hybridized carbons (Fsp3) is 1.00. The summed E-state index contributed by atoms with van der Waals surface area (Å²) in [6.45, 7) is 0. The Morgan fingerprint density at radius 1 is 1.50 bits per heavy atom. The third-order valence-corrected chi connectivity index (χ3v) is 0.490. The van der Waals surface area contributed by atoms with Gasteiger partial charge in [0.15, 0.2) is 0 Å². The molecule has 0 saturated heterocycles. The van der Waals surface area contributed by atoms with E-state index in [4.69, 9.17) is 9.79 Å². The van der Waals surface area contributed by atoms with Crippen LogP contribution in [0, 0.1) is 0 Å². The molecule has 0 heterocycles. The van der Waals surface area contributed by atoms with Crippen LogP contribution in [0.25, 0.3) is 0 Å². The fourth-order valence-electron chi connectivity index (χ4n) is 0. The van der Waals surface area contributed by atoms with Crippen molar-refractivity contribution >= 4 is 8.60 Å². The molecule has 0 aliphatic heterocycles. The second-order valence-corrected chi connectivity index (χ2v) is 1.31. The summed E-state index contributed by atoms with van der Waals surface area (Å²) in [5, 5.41) is 0. The first kappa shape index (κ1) is 9.55. The smallest absolute Gasteiger partial charge is 0.326 e. The predicted molar refractivity (Wildman–Crippen MR) is 23.4 cm³/mol. The van der Waals surface area contributed by atoms with Crippen LogP contribution in [0.2, 0.25) is 0 Å². The molecule has 0 unspecified atom stereocenters. The van der Waals surface area contributed by atoms with Crippen molar-refractivity contribution in [1.29, 1.82) is 0 Å². The van der Waals surface area contributed by atoms with Gasteiger partial charge in [-0.2, -0.15) is 0 Å². The summed E-state index contributed by atoms with van der Waals surface area (Å²) in [4.78, 5) is 15.5. The van der Waals surface area contributed by atoms with Gasteiger partial charge in [-0.1, -0.05) is 0 Å². The molecule has 0 aromatic carbocycles. The minimum Gasteiger partial charge on any atom is -0.344 e. The summed E-state index contributed by atoms with van der Waals surface area (Å²) in [6, 6.07) is 0. The van der Waals surface area contributed by atoms with Crippen molar-refractivity contribution in [2.75, 3.05) is 7.11 Å². The maximum absolute atomic E-state index is 7.76. The molecule has 6 heavy (non-hydrogen) atoms. The lowest BCUT2D eigenvalue weighted by Crippen LogP contribution is -1.67. The first-order valence-electron chi connectivity index (χ1n) is 0.991. The molecule has 0 saturated carbocycles. The minimum atomic E-state index is -2.10. The Bertz CT molecular complexity index is 24.8. The van der Waals surface area contributed by atoms with Gasteiger partial charge in [0.25, 0.3) is 0 Å². The van der Waals surface area contributed by atoms with Gasteiger partial charge in [0.05, 0.1) is 0 Å². The molecule has 0 spiro atoms.